The molecule has 0 bridgehead atoms. The summed E-state index contributed by atoms with van der Waals surface area (Å²) in [5.74, 6) is 4.81. The highest BCUT2D eigenvalue weighted by molar-refractivity contribution is 5.94. The maximum Gasteiger partial charge on any atom is 0.268 e. The number of nitrogen functional groups attached to an aromatic ring is 1. The molecule has 1 amide bonds. The van der Waals surface area contributed by atoms with Crippen LogP contribution < -0.4 is 11.3 Å². The van der Waals surface area contributed by atoms with Crippen molar-refractivity contribution >= 4 is 5.91 Å². The molecule has 1 heterocycles. The molecule has 0 aliphatic carbocycles. The molecule has 1 aromatic carbocycles. The highest BCUT2D eigenvalue weighted by Crippen LogP contribution is 2.18. The monoisotopic (exact) mass is 244 g/mol. The molecule has 0 atom stereocenters. The summed E-state index contributed by atoms with van der Waals surface area (Å²) in [5.41, 5.74) is 5.57. The van der Waals surface area contributed by atoms with E-state index in [0.29, 0.717) is 5.56 Å². The van der Waals surface area contributed by atoms with Crippen LogP contribution in [0.15, 0.2) is 30.5 Å². The number of para-hydroxylation sites is 1. The molecule has 1 aromatic heterocycles. The van der Waals surface area contributed by atoms with Gasteiger partial charge in [0.1, 0.15) is 0 Å². The predicted molar refractivity (Wildman–Crippen MR) is 69.3 cm³/mol. The third-order valence-corrected chi connectivity index (χ3v) is 2.99. The van der Waals surface area contributed by atoms with E-state index in [0.717, 1.165) is 17.8 Å². The van der Waals surface area contributed by atoms with Gasteiger partial charge in [0.15, 0.2) is 0 Å². The minimum absolute atomic E-state index is 0.326. The lowest BCUT2D eigenvalue weighted by atomic mass is 10.1. The van der Waals surface area contributed by atoms with Gasteiger partial charge in [0, 0.05) is 0 Å². The molecule has 0 fully saturated rings. The largest absolute Gasteiger partial charge is 0.290 e. The molecule has 94 valence electrons. The lowest BCUT2D eigenvalue weighted by Crippen LogP contribution is -2.30. The van der Waals surface area contributed by atoms with Crippen molar-refractivity contribution in [3.05, 3.63) is 47.3 Å². The van der Waals surface area contributed by atoms with Crippen LogP contribution in [0, 0.1) is 6.92 Å². The zero-order chi connectivity index (χ0) is 13.1. The molecule has 3 N–H and O–H groups in total. The molecule has 0 radical (unpaired) electrons. The Labute approximate surface area is 106 Å². The third-order valence-electron chi connectivity index (χ3n) is 2.99. The molecule has 18 heavy (non-hydrogen) atoms. The summed E-state index contributed by atoms with van der Waals surface area (Å²) >= 11 is 0. The summed E-state index contributed by atoms with van der Waals surface area (Å²) in [4.78, 5) is 11.5. The van der Waals surface area contributed by atoms with E-state index in [9.17, 15) is 4.79 Å². The van der Waals surface area contributed by atoms with Crippen molar-refractivity contribution in [2.24, 2.45) is 5.84 Å². The number of carbonyl (C=O) groups is 1. The molecule has 0 saturated heterocycles. The fourth-order valence-corrected chi connectivity index (χ4v) is 1.97. The number of hydrogen-bond donors (Lipinski definition) is 2. The van der Waals surface area contributed by atoms with Gasteiger partial charge in [-0.1, -0.05) is 25.1 Å². The van der Waals surface area contributed by atoms with Crippen molar-refractivity contribution in [1.29, 1.82) is 0 Å². The van der Waals surface area contributed by atoms with Gasteiger partial charge < -0.3 is 0 Å². The second-order valence-electron chi connectivity index (χ2n) is 4.01. The normalized spacial score (nSPS) is 10.4. The van der Waals surface area contributed by atoms with Crippen LogP contribution in [0.25, 0.3) is 5.69 Å². The molecule has 0 unspecified atom stereocenters. The van der Waals surface area contributed by atoms with Crippen molar-refractivity contribution in [2.45, 2.75) is 20.3 Å². The minimum Gasteiger partial charge on any atom is -0.290 e. The lowest BCUT2D eigenvalue weighted by molar-refractivity contribution is 0.0953. The standard InChI is InChI=1S/C13H16N4O/c1-3-10-6-4-5-7-12(10)17-9(2)11(8-15-17)13(18)16-14/h4-8H,3,14H2,1-2H3,(H,16,18). The summed E-state index contributed by atoms with van der Waals surface area (Å²) in [6.07, 6.45) is 2.44. The number of nitrogens with zero attached hydrogens (tertiary/aromatic N) is 2. The summed E-state index contributed by atoms with van der Waals surface area (Å²) in [7, 11) is 0. The SMILES string of the molecule is CCc1ccccc1-n1ncc(C(=O)NN)c1C. The second-order valence-corrected chi connectivity index (χ2v) is 4.01. The Hall–Kier alpha value is -2.14. The summed E-state index contributed by atoms with van der Waals surface area (Å²) in [6, 6.07) is 8.00. The van der Waals surface area contributed by atoms with E-state index < -0.39 is 0 Å². The number of hydrazine groups is 1. The van der Waals surface area contributed by atoms with Gasteiger partial charge in [0.05, 0.1) is 23.1 Å². The molecule has 5 nitrogen and oxygen atoms in total. The zero-order valence-corrected chi connectivity index (χ0v) is 10.5. The number of benzene rings is 1. The summed E-state index contributed by atoms with van der Waals surface area (Å²) in [6.45, 7) is 3.94. The highest BCUT2D eigenvalue weighted by atomic mass is 16.2. The first-order valence-corrected chi connectivity index (χ1v) is 5.82. The number of aromatic nitrogens is 2. The van der Waals surface area contributed by atoms with Gasteiger partial charge in [0.2, 0.25) is 0 Å². The summed E-state index contributed by atoms with van der Waals surface area (Å²) < 4.78 is 1.77. The number of hydrogen-bond acceptors (Lipinski definition) is 3. The van der Waals surface area contributed by atoms with Crippen molar-refractivity contribution < 1.29 is 4.79 Å². The number of nitrogens with two attached hydrogens (primary N) is 1. The van der Waals surface area contributed by atoms with Crippen LogP contribution in [-0.4, -0.2) is 15.7 Å². The van der Waals surface area contributed by atoms with Crippen LogP contribution in [0.1, 0.15) is 28.5 Å². The van der Waals surface area contributed by atoms with Crippen LogP contribution >= 0.6 is 0 Å². The molecule has 0 spiro atoms. The molecule has 2 rings (SSSR count). The van der Waals surface area contributed by atoms with Crippen LogP contribution in [0.2, 0.25) is 0 Å². The fourth-order valence-electron chi connectivity index (χ4n) is 1.97. The van der Waals surface area contributed by atoms with Crippen LogP contribution in [-0.2, 0) is 6.42 Å². The Kier molecular flexibility index (Phi) is 3.43. The van der Waals surface area contributed by atoms with Gasteiger partial charge in [-0.15, -0.1) is 0 Å². The first kappa shape index (κ1) is 12.3. The van der Waals surface area contributed by atoms with Gasteiger partial charge >= 0.3 is 0 Å². The maximum absolute atomic E-state index is 11.5. The van der Waals surface area contributed by atoms with Gasteiger partial charge in [-0.2, -0.15) is 5.10 Å². The van der Waals surface area contributed by atoms with Crippen molar-refractivity contribution in [3.63, 3.8) is 0 Å². The van der Waals surface area contributed by atoms with Gasteiger partial charge in [0.25, 0.3) is 5.91 Å². The van der Waals surface area contributed by atoms with Gasteiger partial charge in [-0.3, -0.25) is 10.2 Å². The summed E-state index contributed by atoms with van der Waals surface area (Å²) in [5, 5.41) is 4.26. The maximum atomic E-state index is 11.5. The number of rotatable bonds is 3. The fraction of sp³-hybridized carbons (Fsp3) is 0.231. The van der Waals surface area contributed by atoms with Crippen LogP contribution in [0.3, 0.4) is 0 Å². The van der Waals surface area contributed by atoms with Crippen molar-refractivity contribution in [2.75, 3.05) is 0 Å². The zero-order valence-electron chi connectivity index (χ0n) is 10.5. The number of carbonyl (C=O) groups excluding carboxylic acids is 1. The molecule has 0 saturated carbocycles. The Morgan fingerprint density at radius 2 is 2.17 bits per heavy atom. The number of aryl methyl sites for hydroxylation is 1. The minimum atomic E-state index is -0.326. The second kappa shape index (κ2) is 5.01. The van der Waals surface area contributed by atoms with E-state index in [1.165, 1.54) is 11.8 Å². The van der Waals surface area contributed by atoms with Gasteiger partial charge in [-0.25, -0.2) is 10.5 Å². The number of amides is 1. The van der Waals surface area contributed by atoms with E-state index in [1.54, 1.807) is 4.68 Å². The molecule has 0 aliphatic rings. The predicted octanol–water partition coefficient (Wildman–Crippen LogP) is 1.35. The third kappa shape index (κ3) is 2.00. The Balaban J connectivity index is 2.52. The average Bonchev–Trinajstić information content (AvgIpc) is 2.79. The molecule has 0 aliphatic heterocycles. The first-order valence-electron chi connectivity index (χ1n) is 5.82. The van der Waals surface area contributed by atoms with Crippen molar-refractivity contribution in [1.82, 2.24) is 15.2 Å². The highest BCUT2D eigenvalue weighted by Gasteiger charge is 2.15. The van der Waals surface area contributed by atoms with Crippen molar-refractivity contribution in [3.8, 4) is 5.69 Å². The lowest BCUT2D eigenvalue weighted by Gasteiger charge is -2.09. The molecular weight excluding hydrogens is 228 g/mol. The Morgan fingerprint density at radius 1 is 1.44 bits per heavy atom. The van der Waals surface area contributed by atoms with E-state index in [4.69, 9.17) is 5.84 Å². The van der Waals surface area contributed by atoms with E-state index in [2.05, 4.69) is 23.5 Å². The first-order chi connectivity index (χ1) is 8.69. The Bertz CT molecular complexity index is 574. The average molecular weight is 244 g/mol. The molecular formula is C13H16N4O. The smallest absolute Gasteiger partial charge is 0.268 e. The van der Waals surface area contributed by atoms with E-state index in [1.807, 2.05) is 25.1 Å². The van der Waals surface area contributed by atoms with Crippen LogP contribution in [0.5, 0.6) is 0 Å². The molecule has 5 heteroatoms. The topological polar surface area (TPSA) is 72.9 Å². The quantitative estimate of drug-likeness (QED) is 0.486. The number of nitrogens with one attached hydrogen (secondary N) is 1. The van der Waals surface area contributed by atoms with Gasteiger partial charge in [-0.05, 0) is 25.0 Å². The van der Waals surface area contributed by atoms with E-state index >= 15 is 0 Å². The Morgan fingerprint density at radius 3 is 2.83 bits per heavy atom. The van der Waals surface area contributed by atoms with Crippen LogP contribution in [0.4, 0.5) is 0 Å². The molecule has 2 aromatic rings. The van der Waals surface area contributed by atoms with E-state index in [-0.39, 0.29) is 5.91 Å².